The topological polar surface area (TPSA) is 84.6 Å². The molecule has 6 heteroatoms. The molecule has 1 aromatic carbocycles. The van der Waals surface area contributed by atoms with E-state index in [0.717, 1.165) is 12.0 Å². The number of benzene rings is 1. The predicted molar refractivity (Wildman–Crippen MR) is 74.5 cm³/mol. The fourth-order valence-corrected chi connectivity index (χ4v) is 2.33. The first-order valence-electron chi connectivity index (χ1n) is 6.76. The van der Waals surface area contributed by atoms with Crippen molar-refractivity contribution in [1.82, 2.24) is 5.32 Å². The van der Waals surface area contributed by atoms with Gasteiger partial charge in [-0.15, -0.1) is 0 Å². The Kier molecular flexibility index (Phi) is 4.69. The Morgan fingerprint density at radius 2 is 2.30 bits per heavy atom. The number of rotatable bonds is 7. The number of nitro benzene ring substituents is 1. The Bertz CT molecular complexity index is 468. The van der Waals surface area contributed by atoms with Crippen LogP contribution in [0.4, 0.5) is 5.69 Å². The average Bonchev–Trinajstić information content (AvgIpc) is 2.42. The number of nitro groups is 1. The van der Waals surface area contributed by atoms with Crippen molar-refractivity contribution in [2.45, 2.75) is 19.4 Å². The highest BCUT2D eigenvalue weighted by molar-refractivity contribution is 5.35. The van der Waals surface area contributed by atoms with E-state index in [1.54, 1.807) is 12.1 Å². The molecule has 1 aliphatic heterocycles. The van der Waals surface area contributed by atoms with Crippen molar-refractivity contribution in [3.63, 3.8) is 0 Å². The second-order valence-electron chi connectivity index (χ2n) is 5.34. The summed E-state index contributed by atoms with van der Waals surface area (Å²) < 4.78 is 5.16. The van der Waals surface area contributed by atoms with Crippen molar-refractivity contribution >= 4 is 5.69 Å². The van der Waals surface area contributed by atoms with E-state index in [1.807, 2.05) is 13.0 Å². The number of hydrogen-bond donors (Lipinski definition) is 2. The smallest absolute Gasteiger partial charge is 0.269 e. The molecule has 0 bridgehead atoms. The van der Waals surface area contributed by atoms with Gasteiger partial charge in [0.1, 0.15) is 0 Å². The molecule has 1 atom stereocenters. The largest absolute Gasteiger partial charge is 0.396 e. The summed E-state index contributed by atoms with van der Waals surface area (Å²) in [4.78, 5) is 10.4. The molecule has 1 heterocycles. The summed E-state index contributed by atoms with van der Waals surface area (Å²) in [5.74, 6) is 0. The summed E-state index contributed by atoms with van der Waals surface area (Å²) >= 11 is 0. The summed E-state index contributed by atoms with van der Waals surface area (Å²) in [6.45, 7) is 3.87. The van der Waals surface area contributed by atoms with Crippen LogP contribution in [-0.4, -0.2) is 36.4 Å². The Hall–Kier alpha value is -1.50. The molecule has 1 saturated heterocycles. The zero-order chi connectivity index (χ0) is 14.6. The van der Waals surface area contributed by atoms with Gasteiger partial charge in [0.05, 0.1) is 30.2 Å². The van der Waals surface area contributed by atoms with Crippen LogP contribution < -0.4 is 5.32 Å². The maximum atomic E-state index is 10.8. The highest BCUT2D eigenvalue weighted by Crippen LogP contribution is 2.28. The van der Waals surface area contributed by atoms with Crippen LogP contribution in [0.1, 0.15) is 24.9 Å². The first-order chi connectivity index (χ1) is 9.60. The van der Waals surface area contributed by atoms with E-state index >= 15 is 0 Å². The summed E-state index contributed by atoms with van der Waals surface area (Å²) in [5, 5.41) is 23.6. The molecule has 0 aromatic heterocycles. The van der Waals surface area contributed by atoms with Gasteiger partial charge in [0.15, 0.2) is 0 Å². The zero-order valence-electron chi connectivity index (χ0n) is 11.5. The monoisotopic (exact) mass is 280 g/mol. The van der Waals surface area contributed by atoms with Gasteiger partial charge in [-0.1, -0.05) is 19.1 Å². The summed E-state index contributed by atoms with van der Waals surface area (Å²) in [6.07, 6.45) is 0.823. The minimum atomic E-state index is -0.384. The van der Waals surface area contributed by atoms with Crippen molar-refractivity contribution in [1.29, 1.82) is 0 Å². The van der Waals surface area contributed by atoms with Crippen molar-refractivity contribution in [2.24, 2.45) is 5.41 Å². The van der Waals surface area contributed by atoms with Crippen LogP contribution >= 0.6 is 0 Å². The highest BCUT2D eigenvalue weighted by Gasteiger charge is 2.38. The molecule has 2 rings (SSSR count). The van der Waals surface area contributed by atoms with Crippen molar-refractivity contribution < 1.29 is 14.8 Å². The number of non-ortho nitro benzene ring substituents is 1. The molecule has 20 heavy (non-hydrogen) atoms. The van der Waals surface area contributed by atoms with Crippen LogP contribution in [0, 0.1) is 15.5 Å². The van der Waals surface area contributed by atoms with Gasteiger partial charge in [-0.2, -0.15) is 0 Å². The van der Waals surface area contributed by atoms with Gasteiger partial charge in [0, 0.05) is 24.7 Å². The van der Waals surface area contributed by atoms with Crippen LogP contribution in [0.3, 0.4) is 0 Å². The minimum Gasteiger partial charge on any atom is -0.396 e. The van der Waals surface area contributed by atoms with E-state index < -0.39 is 0 Å². The van der Waals surface area contributed by atoms with E-state index in [2.05, 4.69) is 5.32 Å². The van der Waals surface area contributed by atoms with E-state index in [9.17, 15) is 15.2 Å². The Morgan fingerprint density at radius 1 is 1.55 bits per heavy atom. The molecule has 0 saturated carbocycles. The van der Waals surface area contributed by atoms with E-state index in [-0.39, 0.29) is 28.7 Å². The zero-order valence-corrected chi connectivity index (χ0v) is 11.5. The molecular formula is C14H20N2O4. The number of hydrogen-bond acceptors (Lipinski definition) is 5. The molecular weight excluding hydrogens is 260 g/mol. The first-order valence-corrected chi connectivity index (χ1v) is 6.76. The lowest BCUT2D eigenvalue weighted by molar-refractivity contribution is -0.384. The molecule has 0 radical (unpaired) electrons. The van der Waals surface area contributed by atoms with E-state index in [0.29, 0.717) is 19.8 Å². The number of nitrogens with zero attached hydrogens (tertiary/aromatic N) is 1. The average molecular weight is 280 g/mol. The third kappa shape index (κ3) is 3.15. The maximum absolute atomic E-state index is 10.8. The molecule has 0 amide bonds. The Balaban J connectivity index is 2.04. The first kappa shape index (κ1) is 14.9. The molecule has 2 N–H and O–H groups in total. The summed E-state index contributed by atoms with van der Waals surface area (Å²) in [6, 6.07) is 6.72. The number of ether oxygens (including phenoxy) is 1. The van der Waals surface area contributed by atoms with Crippen molar-refractivity contribution in [3.05, 3.63) is 39.9 Å². The van der Waals surface area contributed by atoms with Crippen molar-refractivity contribution in [2.75, 3.05) is 26.4 Å². The molecule has 1 aliphatic rings. The third-order valence-corrected chi connectivity index (χ3v) is 3.77. The van der Waals surface area contributed by atoms with Crippen molar-refractivity contribution in [3.8, 4) is 0 Å². The van der Waals surface area contributed by atoms with Gasteiger partial charge in [-0.25, -0.2) is 0 Å². The number of aliphatic hydroxyl groups excluding tert-OH is 1. The second kappa shape index (κ2) is 6.30. The predicted octanol–water partition coefficient (Wildman–Crippen LogP) is 1.64. The van der Waals surface area contributed by atoms with Crippen LogP contribution in [0.5, 0.6) is 0 Å². The minimum absolute atomic E-state index is 0.0407. The lowest BCUT2D eigenvalue weighted by atomic mass is 9.86. The lowest BCUT2D eigenvalue weighted by Crippen LogP contribution is -2.52. The molecule has 0 aliphatic carbocycles. The number of nitrogens with one attached hydrogen (secondary N) is 1. The lowest BCUT2D eigenvalue weighted by Gasteiger charge is -2.41. The molecule has 1 aromatic rings. The molecule has 110 valence electrons. The molecule has 1 fully saturated rings. The van der Waals surface area contributed by atoms with Crippen LogP contribution in [0.25, 0.3) is 0 Å². The van der Waals surface area contributed by atoms with E-state index in [4.69, 9.17) is 4.74 Å². The fraction of sp³-hybridized carbons (Fsp3) is 0.571. The number of aliphatic hydroxyl groups is 1. The second-order valence-corrected chi connectivity index (χ2v) is 5.34. The fourth-order valence-electron chi connectivity index (χ4n) is 2.33. The quantitative estimate of drug-likeness (QED) is 0.586. The van der Waals surface area contributed by atoms with Gasteiger partial charge < -0.3 is 15.2 Å². The van der Waals surface area contributed by atoms with Crippen LogP contribution in [0.15, 0.2) is 24.3 Å². The van der Waals surface area contributed by atoms with Crippen LogP contribution in [0.2, 0.25) is 0 Å². The van der Waals surface area contributed by atoms with Gasteiger partial charge in [0.2, 0.25) is 0 Å². The van der Waals surface area contributed by atoms with Crippen LogP contribution in [-0.2, 0) is 4.74 Å². The molecule has 1 unspecified atom stereocenters. The normalized spacial score (nSPS) is 18.3. The Labute approximate surface area is 117 Å². The standard InChI is InChI=1S/C14H20N2O4/c1-2-13(15-7-14(8-17)9-20-10-14)11-4-3-5-12(6-11)16(18)19/h3-6,13,15,17H,2,7-10H2,1H3. The third-order valence-electron chi connectivity index (χ3n) is 3.77. The SMILES string of the molecule is CCC(NCC1(CO)COC1)c1cccc([N+](=O)[O-])c1. The van der Waals surface area contributed by atoms with E-state index in [1.165, 1.54) is 6.07 Å². The van der Waals surface area contributed by atoms with Gasteiger partial charge >= 0.3 is 0 Å². The summed E-state index contributed by atoms with van der Waals surface area (Å²) in [5.41, 5.74) is 0.801. The van der Waals surface area contributed by atoms with Gasteiger partial charge in [-0.05, 0) is 12.0 Å². The maximum Gasteiger partial charge on any atom is 0.269 e. The Morgan fingerprint density at radius 3 is 2.80 bits per heavy atom. The van der Waals surface area contributed by atoms with Gasteiger partial charge in [-0.3, -0.25) is 10.1 Å². The molecule has 6 nitrogen and oxygen atoms in total. The highest BCUT2D eigenvalue weighted by atomic mass is 16.6. The van der Waals surface area contributed by atoms with Gasteiger partial charge in [0.25, 0.3) is 5.69 Å². The summed E-state index contributed by atoms with van der Waals surface area (Å²) in [7, 11) is 0. The molecule has 0 spiro atoms.